The second-order valence-electron chi connectivity index (χ2n) is 5.20. The van der Waals surface area contributed by atoms with Gasteiger partial charge in [0, 0.05) is 12.2 Å². The van der Waals surface area contributed by atoms with Gasteiger partial charge < -0.3 is 19.9 Å². The Labute approximate surface area is 152 Å². The van der Waals surface area contributed by atoms with E-state index in [-0.39, 0.29) is 15.8 Å². The van der Waals surface area contributed by atoms with Crippen LogP contribution in [0.3, 0.4) is 0 Å². The Morgan fingerprint density at radius 1 is 1.00 bits per heavy atom. The zero-order valence-corrected chi connectivity index (χ0v) is 15.2. The van der Waals surface area contributed by atoms with Crippen molar-refractivity contribution in [1.29, 1.82) is 0 Å². The first kappa shape index (κ1) is 18.6. The second-order valence-corrected chi connectivity index (χ2v) is 6.02. The Kier molecular flexibility index (Phi) is 6.88. The standard InChI is InChI=1S/C18H21Cl2NO3/c1-3-7-24-16-6-5-12(8-17(16)23-4-2)11-21-13-9-14(19)18(22)15(20)10-13/h5-6,8-10,21-22H,3-4,7,11H2,1-2H3. The number of anilines is 1. The average Bonchev–Trinajstić information content (AvgIpc) is 2.57. The average molecular weight is 370 g/mol. The Morgan fingerprint density at radius 2 is 1.71 bits per heavy atom. The summed E-state index contributed by atoms with van der Waals surface area (Å²) in [5.74, 6) is 1.37. The number of rotatable bonds is 8. The van der Waals surface area contributed by atoms with E-state index in [1.807, 2.05) is 25.1 Å². The molecule has 0 aliphatic rings. The zero-order valence-electron chi connectivity index (χ0n) is 13.7. The van der Waals surface area contributed by atoms with E-state index in [9.17, 15) is 5.11 Å². The number of hydrogen-bond acceptors (Lipinski definition) is 4. The summed E-state index contributed by atoms with van der Waals surface area (Å²) in [5.41, 5.74) is 1.76. The highest BCUT2D eigenvalue weighted by atomic mass is 35.5. The predicted molar refractivity (Wildman–Crippen MR) is 98.9 cm³/mol. The van der Waals surface area contributed by atoms with Gasteiger partial charge in [-0.15, -0.1) is 0 Å². The molecule has 2 rings (SSSR count). The normalized spacial score (nSPS) is 10.5. The van der Waals surface area contributed by atoms with E-state index in [4.69, 9.17) is 32.7 Å². The minimum Gasteiger partial charge on any atom is -0.505 e. The molecule has 6 heteroatoms. The zero-order chi connectivity index (χ0) is 17.5. The molecule has 0 spiro atoms. The molecule has 0 amide bonds. The third-order valence-corrected chi connectivity index (χ3v) is 3.86. The first-order chi connectivity index (χ1) is 11.5. The number of halogens is 2. The minimum absolute atomic E-state index is 0.111. The van der Waals surface area contributed by atoms with Gasteiger partial charge in [0.1, 0.15) is 0 Å². The molecule has 0 unspecified atom stereocenters. The number of nitrogens with one attached hydrogen (secondary N) is 1. The lowest BCUT2D eigenvalue weighted by atomic mass is 10.2. The lowest BCUT2D eigenvalue weighted by Crippen LogP contribution is -2.03. The first-order valence-electron chi connectivity index (χ1n) is 7.85. The molecule has 130 valence electrons. The van der Waals surface area contributed by atoms with Crippen molar-refractivity contribution in [2.24, 2.45) is 0 Å². The summed E-state index contributed by atoms with van der Waals surface area (Å²) in [4.78, 5) is 0. The fourth-order valence-corrected chi connectivity index (χ4v) is 2.62. The summed E-state index contributed by atoms with van der Waals surface area (Å²) in [7, 11) is 0. The second kappa shape index (κ2) is 8.90. The maximum atomic E-state index is 9.59. The smallest absolute Gasteiger partial charge is 0.161 e. The molecule has 4 nitrogen and oxygen atoms in total. The van der Waals surface area contributed by atoms with E-state index in [1.54, 1.807) is 12.1 Å². The van der Waals surface area contributed by atoms with E-state index < -0.39 is 0 Å². The Balaban J connectivity index is 2.10. The molecule has 0 aromatic heterocycles. The molecule has 0 saturated heterocycles. The van der Waals surface area contributed by atoms with Crippen LogP contribution in [0.1, 0.15) is 25.8 Å². The molecule has 0 aliphatic heterocycles. The van der Waals surface area contributed by atoms with Crippen molar-refractivity contribution >= 4 is 28.9 Å². The SMILES string of the molecule is CCCOc1ccc(CNc2cc(Cl)c(O)c(Cl)c2)cc1OCC. The molecule has 0 radical (unpaired) electrons. The van der Waals surface area contributed by atoms with Crippen LogP contribution in [0.5, 0.6) is 17.2 Å². The summed E-state index contributed by atoms with van der Waals surface area (Å²) in [5, 5.41) is 13.2. The maximum Gasteiger partial charge on any atom is 0.161 e. The van der Waals surface area contributed by atoms with Crippen molar-refractivity contribution in [1.82, 2.24) is 0 Å². The summed E-state index contributed by atoms with van der Waals surface area (Å²) >= 11 is 11.9. The van der Waals surface area contributed by atoms with Crippen molar-refractivity contribution in [2.75, 3.05) is 18.5 Å². The van der Waals surface area contributed by atoms with Crippen LogP contribution in [-0.4, -0.2) is 18.3 Å². The van der Waals surface area contributed by atoms with Gasteiger partial charge >= 0.3 is 0 Å². The van der Waals surface area contributed by atoms with Gasteiger partial charge in [-0.1, -0.05) is 36.2 Å². The van der Waals surface area contributed by atoms with E-state index in [1.165, 1.54) is 0 Å². The van der Waals surface area contributed by atoms with Crippen molar-refractivity contribution in [3.8, 4) is 17.2 Å². The molecule has 2 aromatic rings. The minimum atomic E-state index is -0.111. The summed E-state index contributed by atoms with van der Waals surface area (Å²) < 4.78 is 11.3. The highest BCUT2D eigenvalue weighted by Gasteiger charge is 2.09. The van der Waals surface area contributed by atoms with Crippen LogP contribution in [-0.2, 0) is 6.54 Å². The van der Waals surface area contributed by atoms with Gasteiger partial charge in [-0.2, -0.15) is 0 Å². The fourth-order valence-electron chi connectivity index (χ4n) is 2.13. The molecular formula is C18H21Cl2NO3. The summed E-state index contributed by atoms with van der Waals surface area (Å²) in [6.07, 6.45) is 0.942. The van der Waals surface area contributed by atoms with Crippen molar-refractivity contribution < 1.29 is 14.6 Å². The third-order valence-electron chi connectivity index (χ3n) is 3.28. The van der Waals surface area contributed by atoms with E-state index >= 15 is 0 Å². The molecule has 2 N–H and O–H groups in total. The maximum absolute atomic E-state index is 9.59. The first-order valence-corrected chi connectivity index (χ1v) is 8.61. The van der Waals surface area contributed by atoms with Gasteiger partial charge in [0.25, 0.3) is 0 Å². The van der Waals surface area contributed by atoms with Crippen LogP contribution >= 0.6 is 23.2 Å². The largest absolute Gasteiger partial charge is 0.505 e. The van der Waals surface area contributed by atoms with Gasteiger partial charge in [-0.3, -0.25) is 0 Å². The van der Waals surface area contributed by atoms with Crippen LogP contribution in [0, 0.1) is 0 Å². The Bertz CT molecular complexity index is 669. The number of aromatic hydroxyl groups is 1. The topological polar surface area (TPSA) is 50.7 Å². The van der Waals surface area contributed by atoms with Crippen molar-refractivity contribution in [3.05, 3.63) is 45.9 Å². The number of phenolic OH excluding ortho intramolecular Hbond substituents is 1. The predicted octanol–water partition coefficient (Wildman–Crippen LogP) is 5.50. The molecule has 0 heterocycles. The van der Waals surface area contributed by atoms with Gasteiger partial charge in [-0.25, -0.2) is 0 Å². The van der Waals surface area contributed by atoms with Crippen LogP contribution in [0.15, 0.2) is 30.3 Å². The molecule has 24 heavy (non-hydrogen) atoms. The van der Waals surface area contributed by atoms with Gasteiger partial charge in [0.15, 0.2) is 17.2 Å². The molecule has 2 aromatic carbocycles. The highest BCUT2D eigenvalue weighted by Crippen LogP contribution is 2.35. The molecule has 0 bridgehead atoms. The lowest BCUT2D eigenvalue weighted by molar-refractivity contribution is 0.276. The van der Waals surface area contributed by atoms with Crippen LogP contribution in [0.4, 0.5) is 5.69 Å². The van der Waals surface area contributed by atoms with Gasteiger partial charge in [0.05, 0.1) is 23.3 Å². The van der Waals surface area contributed by atoms with Crippen molar-refractivity contribution in [3.63, 3.8) is 0 Å². The fraction of sp³-hybridized carbons (Fsp3) is 0.333. The van der Waals surface area contributed by atoms with Gasteiger partial charge in [-0.05, 0) is 43.2 Å². The third kappa shape index (κ3) is 4.86. The number of hydrogen-bond donors (Lipinski definition) is 2. The molecule has 0 saturated carbocycles. The molecule has 0 aliphatic carbocycles. The van der Waals surface area contributed by atoms with E-state index in [0.29, 0.717) is 19.8 Å². The lowest BCUT2D eigenvalue weighted by Gasteiger charge is -2.14. The molecular weight excluding hydrogens is 349 g/mol. The van der Waals surface area contributed by atoms with Crippen LogP contribution < -0.4 is 14.8 Å². The number of phenols is 1. The monoisotopic (exact) mass is 369 g/mol. The Hall–Kier alpha value is -1.78. The van der Waals surface area contributed by atoms with Crippen molar-refractivity contribution in [2.45, 2.75) is 26.8 Å². The molecule has 0 atom stereocenters. The van der Waals surface area contributed by atoms with E-state index in [2.05, 4.69) is 12.2 Å². The summed E-state index contributed by atoms with van der Waals surface area (Å²) in [6, 6.07) is 9.10. The Morgan fingerprint density at radius 3 is 2.33 bits per heavy atom. The van der Waals surface area contributed by atoms with Gasteiger partial charge in [0.2, 0.25) is 0 Å². The highest BCUT2D eigenvalue weighted by molar-refractivity contribution is 6.37. The quantitative estimate of drug-likeness (QED) is 0.603. The van der Waals surface area contributed by atoms with Crippen LogP contribution in [0.25, 0.3) is 0 Å². The number of ether oxygens (including phenoxy) is 2. The van der Waals surface area contributed by atoms with Crippen LogP contribution in [0.2, 0.25) is 10.0 Å². The van der Waals surface area contributed by atoms with E-state index in [0.717, 1.165) is 29.2 Å². The summed E-state index contributed by atoms with van der Waals surface area (Å²) in [6.45, 7) is 5.79. The number of benzene rings is 2. The molecule has 0 fully saturated rings.